The van der Waals surface area contributed by atoms with E-state index < -0.39 is 0 Å². The molecule has 2 atom stereocenters. The van der Waals surface area contributed by atoms with Crippen LogP contribution in [0.3, 0.4) is 0 Å². The average Bonchev–Trinajstić information content (AvgIpc) is 3.67. The zero-order valence-corrected chi connectivity index (χ0v) is 29.6. The summed E-state index contributed by atoms with van der Waals surface area (Å²) < 4.78 is 0. The van der Waals surface area contributed by atoms with Gasteiger partial charge < -0.3 is 45.1 Å². The van der Waals surface area contributed by atoms with E-state index in [1.54, 1.807) is 0 Å². The summed E-state index contributed by atoms with van der Waals surface area (Å²) in [5.74, 6) is 0. The SMILES string of the molecule is [CH2-]C[CH2-].[Cl-].[Cl-].[Zr+2].[c-]1pc(-c2ccccc2)c(-c2ccccc2)[pH]1.[c-]1pc(-c2ccccc2)c(-c2ccccc2)[pH]1. The summed E-state index contributed by atoms with van der Waals surface area (Å²) in [6.07, 6.45) is 0.750. The van der Waals surface area contributed by atoms with E-state index in [4.69, 9.17) is 0 Å². The van der Waals surface area contributed by atoms with Gasteiger partial charge in [0.25, 0.3) is 0 Å². The first kappa shape index (κ1) is 36.8. The summed E-state index contributed by atoms with van der Waals surface area (Å²) in [4.78, 5) is 0. The number of rotatable bonds is 4. The molecule has 2 unspecified atom stereocenters. The van der Waals surface area contributed by atoms with Crippen LogP contribution < -0.4 is 24.8 Å². The van der Waals surface area contributed by atoms with Crippen molar-refractivity contribution < 1.29 is 51.0 Å². The molecule has 0 fully saturated rings. The van der Waals surface area contributed by atoms with Gasteiger partial charge in [0.05, 0.1) is 0 Å². The zero-order valence-electron chi connectivity index (χ0n) is 21.8. The minimum atomic E-state index is 0. The molecule has 202 valence electrons. The topological polar surface area (TPSA) is 0 Å². The predicted octanol–water partition coefficient (Wildman–Crippen LogP) is 5.91. The van der Waals surface area contributed by atoms with E-state index in [1.807, 2.05) is 0 Å². The van der Waals surface area contributed by atoms with E-state index in [1.165, 1.54) is 59.8 Å². The average molecular weight is 711 g/mol. The van der Waals surface area contributed by atoms with Crippen LogP contribution in [-0.2, 0) is 26.2 Å². The fourth-order valence-electron chi connectivity index (χ4n) is 3.75. The van der Waals surface area contributed by atoms with Crippen molar-refractivity contribution in [1.82, 2.24) is 0 Å². The van der Waals surface area contributed by atoms with Crippen molar-refractivity contribution in [3.63, 3.8) is 0 Å². The Morgan fingerprint density at radius 1 is 0.475 bits per heavy atom. The second-order valence-corrected chi connectivity index (χ2v) is 12.6. The van der Waals surface area contributed by atoms with Crippen LogP contribution in [0.1, 0.15) is 6.42 Å². The van der Waals surface area contributed by atoms with Gasteiger partial charge in [0.15, 0.2) is 0 Å². The molecule has 2 heterocycles. The largest absolute Gasteiger partial charge is 2.00 e. The standard InChI is InChI=1S/2C15H11P2.C3H6.2ClH.Zr/c2*1-3-7-12(8-4-1)14-15(17-11-16-14)13-9-5-2-6-10-13;1-3-2;;;/h2*1-10,16H;1-3H2;2*1H;/q2*-1;-2;;;+2/p-2. The Labute approximate surface area is 277 Å². The molecule has 0 spiro atoms. The molecule has 2 aromatic heterocycles. The van der Waals surface area contributed by atoms with Gasteiger partial charge in [0.2, 0.25) is 0 Å². The molecule has 0 bridgehead atoms. The normalized spacial score (nSPS) is 10.1. The molecular formula is C33H28Cl2P4Zr-4. The quantitative estimate of drug-likeness (QED) is 0.200. The molecule has 40 heavy (non-hydrogen) atoms. The fourth-order valence-corrected chi connectivity index (χ4v) is 8.84. The summed E-state index contributed by atoms with van der Waals surface area (Å²) >= 11 is 0. The molecule has 6 rings (SSSR count). The molecule has 0 aliphatic heterocycles. The zero-order chi connectivity index (χ0) is 25.7. The Morgan fingerprint density at radius 2 is 0.725 bits per heavy atom. The van der Waals surface area contributed by atoms with E-state index in [2.05, 4.69) is 146 Å². The molecule has 0 amide bonds. The van der Waals surface area contributed by atoms with Crippen molar-refractivity contribution in [3.05, 3.63) is 146 Å². The van der Waals surface area contributed by atoms with Gasteiger partial charge >= 0.3 is 26.2 Å². The third kappa shape index (κ3) is 10.5. The summed E-state index contributed by atoms with van der Waals surface area (Å²) in [6, 6.07) is 42.5. The van der Waals surface area contributed by atoms with Crippen LogP contribution in [-0.4, -0.2) is 0 Å². The van der Waals surface area contributed by atoms with Crippen LogP contribution in [0, 0.1) is 24.9 Å². The Balaban J connectivity index is 0.000000341. The molecular weight excluding hydrogens is 682 g/mol. The van der Waals surface area contributed by atoms with Crippen LogP contribution >= 0.6 is 32.8 Å². The molecule has 4 aromatic carbocycles. The smallest absolute Gasteiger partial charge is 1.00 e. The summed E-state index contributed by atoms with van der Waals surface area (Å²) in [5.41, 5.74) is 12.2. The van der Waals surface area contributed by atoms with Gasteiger partial charge in [-0.25, -0.2) is 16.4 Å². The molecule has 0 radical (unpaired) electrons. The Hall–Kier alpha value is -1.24. The van der Waals surface area contributed by atoms with Crippen LogP contribution in [0.15, 0.2) is 121 Å². The summed E-state index contributed by atoms with van der Waals surface area (Å²) in [6.45, 7) is 6.75. The Kier molecular flexibility index (Phi) is 19.0. The van der Waals surface area contributed by atoms with Gasteiger partial charge in [-0.3, -0.25) is 16.4 Å². The maximum atomic E-state index is 3.45. The van der Waals surface area contributed by atoms with Crippen molar-refractivity contribution in [2.24, 2.45) is 0 Å². The third-order valence-electron chi connectivity index (χ3n) is 5.39. The first-order valence-electron chi connectivity index (χ1n) is 12.0. The van der Waals surface area contributed by atoms with Crippen molar-refractivity contribution in [1.29, 1.82) is 0 Å². The van der Waals surface area contributed by atoms with Crippen LogP contribution in [0.25, 0.3) is 43.4 Å². The number of benzene rings is 4. The minimum Gasteiger partial charge on any atom is -1.00 e. The second-order valence-electron chi connectivity index (χ2n) is 7.96. The molecule has 0 nitrogen and oxygen atoms in total. The second kappa shape index (κ2) is 20.6. The maximum absolute atomic E-state index is 3.45. The van der Waals surface area contributed by atoms with E-state index in [9.17, 15) is 0 Å². The van der Waals surface area contributed by atoms with Gasteiger partial charge in [0.1, 0.15) is 0 Å². The predicted molar refractivity (Wildman–Crippen MR) is 172 cm³/mol. The Bertz CT molecular complexity index is 1230. The number of hydrogen-bond donors (Lipinski definition) is 0. The monoisotopic (exact) mass is 708 g/mol. The number of hydrogen-bond acceptors (Lipinski definition) is 0. The van der Waals surface area contributed by atoms with E-state index in [0.717, 1.165) is 6.42 Å². The van der Waals surface area contributed by atoms with Crippen molar-refractivity contribution >= 4 is 32.8 Å². The van der Waals surface area contributed by atoms with Gasteiger partial charge in [-0.1, -0.05) is 144 Å². The van der Waals surface area contributed by atoms with E-state index in [-0.39, 0.29) is 51.0 Å². The van der Waals surface area contributed by atoms with E-state index in [0.29, 0.717) is 16.4 Å². The fraction of sp³-hybridized carbons (Fsp3) is 0.0303. The molecule has 0 N–H and O–H groups in total. The molecule has 0 aliphatic carbocycles. The third-order valence-corrected chi connectivity index (χ3v) is 10.6. The van der Waals surface area contributed by atoms with Crippen molar-refractivity contribution in [3.8, 4) is 43.4 Å². The maximum Gasteiger partial charge on any atom is 2.00 e. The molecule has 0 saturated heterocycles. The van der Waals surface area contributed by atoms with Crippen LogP contribution in [0.4, 0.5) is 0 Å². The van der Waals surface area contributed by atoms with Gasteiger partial charge in [-0.05, 0) is 0 Å². The molecule has 7 heteroatoms. The first-order valence-corrected chi connectivity index (χ1v) is 15.8. The summed E-state index contributed by atoms with van der Waals surface area (Å²) in [7, 11) is 3.87. The molecule has 0 aliphatic rings. The first-order chi connectivity index (χ1) is 18.3. The van der Waals surface area contributed by atoms with Gasteiger partial charge in [-0.2, -0.15) is 0 Å². The molecule has 6 aromatic rings. The van der Waals surface area contributed by atoms with Crippen molar-refractivity contribution in [2.45, 2.75) is 6.42 Å². The van der Waals surface area contributed by atoms with Gasteiger partial charge in [-0.15, -0.1) is 32.2 Å². The van der Waals surface area contributed by atoms with E-state index >= 15 is 0 Å². The molecule has 0 saturated carbocycles. The van der Waals surface area contributed by atoms with Crippen molar-refractivity contribution in [2.75, 3.05) is 0 Å². The minimum absolute atomic E-state index is 0. The van der Waals surface area contributed by atoms with Crippen LogP contribution in [0.2, 0.25) is 0 Å². The van der Waals surface area contributed by atoms with Gasteiger partial charge in [0, 0.05) is 0 Å². The Morgan fingerprint density at radius 3 is 1.00 bits per heavy atom. The number of halogens is 2. The van der Waals surface area contributed by atoms with Crippen LogP contribution in [0.5, 0.6) is 0 Å². The summed E-state index contributed by atoms with van der Waals surface area (Å²) in [5, 5.41) is 5.71.